The quantitative estimate of drug-likeness (QED) is 0.608. The number of fused-ring (bicyclic) bond motifs is 5. The van der Waals surface area contributed by atoms with Crippen LogP contribution in [0.3, 0.4) is 0 Å². The van der Waals surface area contributed by atoms with Gasteiger partial charge in [-0.2, -0.15) is 0 Å². The molecular formula is C21H22N4O2. The van der Waals surface area contributed by atoms with E-state index < -0.39 is 0 Å². The standard InChI is InChI=1S/C21H22N4O2/c1-22-10-11-23-19(26)13-25-18-9-5-3-7-15(18)21-16(12-20(25)27)14-6-2-4-8-17(14)24-21/h2-9,22,24H,10-13H2,1H3,(H,23,26). The Balaban J connectivity index is 1.73. The van der Waals surface area contributed by atoms with Crippen LogP contribution in [0.5, 0.6) is 0 Å². The van der Waals surface area contributed by atoms with Crippen LogP contribution in [-0.2, 0) is 16.0 Å². The average molecular weight is 362 g/mol. The molecule has 6 heteroatoms. The van der Waals surface area contributed by atoms with Gasteiger partial charge in [-0.15, -0.1) is 0 Å². The fraction of sp³-hybridized carbons (Fsp3) is 0.238. The number of hydrogen-bond donors (Lipinski definition) is 3. The second-order valence-corrected chi connectivity index (χ2v) is 6.65. The Hall–Kier alpha value is -3.12. The zero-order valence-electron chi connectivity index (χ0n) is 15.2. The molecular weight excluding hydrogens is 340 g/mol. The van der Waals surface area contributed by atoms with Crippen LogP contribution in [0.2, 0.25) is 0 Å². The number of para-hydroxylation sites is 2. The Kier molecular flexibility index (Phi) is 4.64. The average Bonchev–Trinajstić information content (AvgIpc) is 2.99. The van der Waals surface area contributed by atoms with Crippen molar-refractivity contribution in [2.45, 2.75) is 6.42 Å². The van der Waals surface area contributed by atoms with Gasteiger partial charge in [-0.1, -0.05) is 36.4 Å². The van der Waals surface area contributed by atoms with Crippen LogP contribution in [0.25, 0.3) is 22.2 Å². The fourth-order valence-corrected chi connectivity index (χ4v) is 3.61. The van der Waals surface area contributed by atoms with Crippen molar-refractivity contribution in [1.82, 2.24) is 15.6 Å². The summed E-state index contributed by atoms with van der Waals surface area (Å²) in [5.74, 6) is -0.237. The van der Waals surface area contributed by atoms with Gasteiger partial charge in [0.25, 0.3) is 0 Å². The van der Waals surface area contributed by atoms with Crippen molar-refractivity contribution >= 4 is 28.4 Å². The Morgan fingerprint density at radius 2 is 1.89 bits per heavy atom. The maximum Gasteiger partial charge on any atom is 0.240 e. The summed E-state index contributed by atoms with van der Waals surface area (Å²) >= 11 is 0. The van der Waals surface area contributed by atoms with E-state index in [1.54, 1.807) is 4.90 Å². The first-order valence-corrected chi connectivity index (χ1v) is 9.09. The molecule has 2 aromatic carbocycles. The van der Waals surface area contributed by atoms with Gasteiger partial charge in [0.05, 0.1) is 17.8 Å². The highest BCUT2D eigenvalue weighted by atomic mass is 16.2. The molecule has 138 valence electrons. The van der Waals surface area contributed by atoms with E-state index >= 15 is 0 Å². The molecule has 2 amide bonds. The second kappa shape index (κ2) is 7.25. The number of hydrogen-bond acceptors (Lipinski definition) is 3. The smallest absolute Gasteiger partial charge is 0.240 e. The third kappa shape index (κ3) is 3.19. The minimum Gasteiger partial charge on any atom is -0.354 e. The Bertz CT molecular complexity index is 1010. The van der Waals surface area contributed by atoms with Gasteiger partial charge in [0.2, 0.25) is 11.8 Å². The number of anilines is 1. The van der Waals surface area contributed by atoms with Crippen LogP contribution < -0.4 is 15.5 Å². The predicted octanol–water partition coefficient (Wildman–Crippen LogP) is 2.06. The molecule has 1 aliphatic rings. The maximum atomic E-state index is 13.1. The third-order valence-electron chi connectivity index (χ3n) is 4.91. The molecule has 2 heterocycles. The summed E-state index contributed by atoms with van der Waals surface area (Å²) in [7, 11) is 1.83. The molecule has 0 fully saturated rings. The van der Waals surface area contributed by atoms with E-state index in [-0.39, 0.29) is 24.8 Å². The number of likely N-dealkylation sites (N-methyl/N-ethyl adjacent to an activating group) is 1. The van der Waals surface area contributed by atoms with Gasteiger partial charge in [-0.25, -0.2) is 0 Å². The molecule has 0 spiro atoms. The predicted molar refractivity (Wildman–Crippen MR) is 107 cm³/mol. The van der Waals surface area contributed by atoms with E-state index in [9.17, 15) is 9.59 Å². The highest BCUT2D eigenvalue weighted by Gasteiger charge is 2.29. The monoisotopic (exact) mass is 362 g/mol. The molecule has 3 aromatic rings. The minimum absolute atomic E-state index is 0.0156. The number of benzene rings is 2. The van der Waals surface area contributed by atoms with Gasteiger partial charge >= 0.3 is 0 Å². The Morgan fingerprint density at radius 3 is 2.74 bits per heavy atom. The first kappa shape index (κ1) is 17.3. The molecule has 0 radical (unpaired) electrons. The Morgan fingerprint density at radius 1 is 1.11 bits per heavy atom. The fourth-order valence-electron chi connectivity index (χ4n) is 3.61. The van der Waals surface area contributed by atoms with E-state index in [1.807, 2.05) is 55.6 Å². The first-order valence-electron chi connectivity index (χ1n) is 9.09. The largest absolute Gasteiger partial charge is 0.354 e. The number of rotatable bonds is 5. The van der Waals surface area contributed by atoms with Gasteiger partial charge in [0.1, 0.15) is 6.54 Å². The minimum atomic E-state index is -0.163. The first-order chi connectivity index (χ1) is 13.2. The number of nitrogens with zero attached hydrogens (tertiary/aromatic N) is 1. The number of carbonyl (C=O) groups is 2. The number of amides is 2. The van der Waals surface area contributed by atoms with Crippen LogP contribution in [0.4, 0.5) is 5.69 Å². The van der Waals surface area contributed by atoms with E-state index in [0.29, 0.717) is 13.1 Å². The van der Waals surface area contributed by atoms with Gasteiger partial charge in [0.15, 0.2) is 0 Å². The van der Waals surface area contributed by atoms with Crippen molar-refractivity contribution in [2.75, 3.05) is 31.6 Å². The van der Waals surface area contributed by atoms with Crippen LogP contribution >= 0.6 is 0 Å². The van der Waals surface area contributed by atoms with E-state index in [4.69, 9.17) is 0 Å². The molecule has 1 aliphatic heterocycles. The number of aromatic amines is 1. The summed E-state index contributed by atoms with van der Waals surface area (Å²) in [4.78, 5) is 30.5. The lowest BCUT2D eigenvalue weighted by Gasteiger charge is -2.22. The summed E-state index contributed by atoms with van der Waals surface area (Å²) in [5, 5.41) is 6.88. The van der Waals surface area contributed by atoms with E-state index in [1.165, 1.54) is 0 Å². The van der Waals surface area contributed by atoms with Gasteiger partial charge in [-0.3, -0.25) is 9.59 Å². The Labute approximate surface area is 157 Å². The summed E-state index contributed by atoms with van der Waals surface area (Å²) in [6, 6.07) is 15.7. The second-order valence-electron chi connectivity index (χ2n) is 6.65. The van der Waals surface area contributed by atoms with Crippen molar-refractivity contribution in [1.29, 1.82) is 0 Å². The lowest BCUT2D eigenvalue weighted by molar-refractivity contribution is -0.123. The SMILES string of the molecule is CNCCNC(=O)CN1C(=O)Cc2c([nH]c3ccccc23)-c2ccccc21. The van der Waals surface area contributed by atoms with Crippen LogP contribution in [0.15, 0.2) is 48.5 Å². The molecule has 3 N–H and O–H groups in total. The number of carbonyl (C=O) groups excluding carboxylic acids is 2. The molecule has 0 atom stereocenters. The van der Waals surface area contributed by atoms with Crippen molar-refractivity contribution in [2.24, 2.45) is 0 Å². The summed E-state index contributed by atoms with van der Waals surface area (Å²) < 4.78 is 0. The zero-order valence-corrected chi connectivity index (χ0v) is 15.2. The molecule has 0 saturated carbocycles. The molecule has 4 rings (SSSR count). The third-order valence-corrected chi connectivity index (χ3v) is 4.91. The molecule has 0 saturated heterocycles. The van der Waals surface area contributed by atoms with Crippen molar-refractivity contribution in [3.63, 3.8) is 0 Å². The van der Waals surface area contributed by atoms with Crippen LogP contribution in [0.1, 0.15) is 5.56 Å². The van der Waals surface area contributed by atoms with Gasteiger partial charge in [-0.05, 0) is 24.7 Å². The molecule has 0 unspecified atom stereocenters. The van der Waals surface area contributed by atoms with Crippen molar-refractivity contribution in [3.8, 4) is 11.3 Å². The van der Waals surface area contributed by atoms with Crippen LogP contribution in [0, 0.1) is 0 Å². The lowest BCUT2D eigenvalue weighted by atomic mass is 10.0. The van der Waals surface area contributed by atoms with Gasteiger partial charge in [0, 0.05) is 29.6 Å². The maximum absolute atomic E-state index is 13.1. The van der Waals surface area contributed by atoms with Crippen molar-refractivity contribution < 1.29 is 9.59 Å². The molecule has 1 aromatic heterocycles. The molecule has 6 nitrogen and oxygen atoms in total. The zero-order chi connectivity index (χ0) is 18.8. The summed E-state index contributed by atoms with van der Waals surface area (Å²) in [5.41, 5.74) is 4.66. The highest BCUT2D eigenvalue weighted by molar-refractivity contribution is 6.08. The van der Waals surface area contributed by atoms with E-state index in [0.717, 1.165) is 33.4 Å². The van der Waals surface area contributed by atoms with Gasteiger partial charge < -0.3 is 20.5 Å². The molecule has 0 bridgehead atoms. The molecule has 27 heavy (non-hydrogen) atoms. The number of aromatic nitrogens is 1. The normalized spacial score (nSPS) is 13.2. The number of H-pyrrole nitrogens is 1. The lowest BCUT2D eigenvalue weighted by Crippen LogP contribution is -2.42. The van der Waals surface area contributed by atoms with Crippen molar-refractivity contribution in [3.05, 3.63) is 54.1 Å². The highest BCUT2D eigenvalue weighted by Crippen LogP contribution is 2.39. The van der Waals surface area contributed by atoms with Crippen LogP contribution in [-0.4, -0.2) is 43.5 Å². The summed E-state index contributed by atoms with van der Waals surface area (Å²) in [6.45, 7) is 1.23. The van der Waals surface area contributed by atoms with E-state index in [2.05, 4.69) is 15.6 Å². The number of nitrogens with one attached hydrogen (secondary N) is 3. The summed E-state index contributed by atoms with van der Waals surface area (Å²) in [6.07, 6.45) is 0.262. The molecule has 0 aliphatic carbocycles. The topological polar surface area (TPSA) is 77.2 Å².